The van der Waals surface area contributed by atoms with Crippen molar-refractivity contribution >= 4 is 22.1 Å². The Kier molecular flexibility index (Phi) is 1.72. The molecule has 2 aromatic heterocycles. The maximum Gasteiger partial charge on any atom is 0.259 e. The van der Waals surface area contributed by atoms with Crippen LogP contribution in [-0.2, 0) is 7.05 Å². The predicted molar refractivity (Wildman–Crippen MR) is 59.6 cm³/mol. The summed E-state index contributed by atoms with van der Waals surface area (Å²) in [6, 6.07) is 11.5. The SMILES string of the molecule is C[n+]1cccc2oc3ccc(C#N)cc3c21. The fraction of sp³-hybridized carbons (Fsp3) is 0.0769. The van der Waals surface area contributed by atoms with Gasteiger partial charge >= 0.3 is 0 Å². The molecule has 0 atom stereocenters. The smallest absolute Gasteiger partial charge is 0.259 e. The normalized spacial score (nSPS) is 10.8. The Hall–Kier alpha value is -2.34. The molecule has 0 aliphatic carbocycles. The third kappa shape index (κ3) is 1.10. The van der Waals surface area contributed by atoms with E-state index in [0.29, 0.717) is 5.56 Å². The van der Waals surface area contributed by atoms with Crippen molar-refractivity contribution in [3.8, 4) is 6.07 Å². The molecule has 0 saturated carbocycles. The lowest BCUT2D eigenvalue weighted by Crippen LogP contribution is -2.27. The molecule has 0 N–H and O–H groups in total. The van der Waals surface area contributed by atoms with Crippen LogP contribution in [0.3, 0.4) is 0 Å². The molecule has 76 valence electrons. The Bertz CT molecular complexity index is 735. The second-order valence-corrected chi connectivity index (χ2v) is 3.76. The van der Waals surface area contributed by atoms with Gasteiger partial charge in [-0.05, 0) is 24.3 Å². The van der Waals surface area contributed by atoms with Crippen LogP contribution in [0.4, 0.5) is 0 Å². The van der Waals surface area contributed by atoms with E-state index >= 15 is 0 Å². The highest BCUT2D eigenvalue weighted by molar-refractivity contribution is 6.00. The summed E-state index contributed by atoms with van der Waals surface area (Å²) in [5.41, 5.74) is 3.33. The molecule has 0 bridgehead atoms. The average Bonchev–Trinajstić information content (AvgIpc) is 2.67. The van der Waals surface area contributed by atoms with Gasteiger partial charge in [0, 0.05) is 6.07 Å². The average molecular weight is 209 g/mol. The topological polar surface area (TPSA) is 40.8 Å². The third-order valence-corrected chi connectivity index (χ3v) is 2.73. The van der Waals surface area contributed by atoms with Crippen molar-refractivity contribution in [2.75, 3.05) is 0 Å². The second-order valence-electron chi connectivity index (χ2n) is 3.76. The molecule has 0 saturated heterocycles. The van der Waals surface area contributed by atoms with Crippen LogP contribution in [0.25, 0.3) is 22.1 Å². The standard InChI is InChI=1S/C13H9N2O/c1-15-6-2-3-12-13(15)10-7-9(8-14)4-5-11(10)16-12/h2-7H,1H3/q+1. The van der Waals surface area contributed by atoms with Gasteiger partial charge < -0.3 is 4.42 Å². The number of furan rings is 1. The number of aromatic nitrogens is 1. The van der Waals surface area contributed by atoms with Gasteiger partial charge in [0.05, 0.1) is 17.0 Å². The zero-order valence-electron chi connectivity index (χ0n) is 8.77. The van der Waals surface area contributed by atoms with Crippen LogP contribution in [0.15, 0.2) is 40.9 Å². The van der Waals surface area contributed by atoms with Gasteiger partial charge in [0.1, 0.15) is 12.6 Å². The molecule has 0 unspecified atom stereocenters. The number of hydrogen-bond donors (Lipinski definition) is 0. The highest BCUT2D eigenvalue weighted by Crippen LogP contribution is 2.26. The molecule has 0 amide bonds. The summed E-state index contributed by atoms with van der Waals surface area (Å²) in [5, 5.41) is 9.87. The first kappa shape index (κ1) is 8.93. The predicted octanol–water partition coefficient (Wildman–Crippen LogP) is 2.28. The van der Waals surface area contributed by atoms with Gasteiger partial charge in [-0.15, -0.1) is 0 Å². The molecule has 3 rings (SSSR count). The molecular formula is C13H9N2O+. The van der Waals surface area contributed by atoms with E-state index in [1.54, 1.807) is 6.07 Å². The molecule has 2 heterocycles. The van der Waals surface area contributed by atoms with Crippen molar-refractivity contribution in [3.05, 3.63) is 42.1 Å². The number of nitrogens with zero attached hydrogens (tertiary/aromatic N) is 2. The summed E-state index contributed by atoms with van der Waals surface area (Å²) < 4.78 is 7.70. The summed E-state index contributed by atoms with van der Waals surface area (Å²) in [7, 11) is 1.97. The lowest BCUT2D eigenvalue weighted by atomic mass is 10.1. The van der Waals surface area contributed by atoms with E-state index in [9.17, 15) is 0 Å². The third-order valence-electron chi connectivity index (χ3n) is 2.73. The van der Waals surface area contributed by atoms with Crippen LogP contribution in [0.5, 0.6) is 0 Å². The van der Waals surface area contributed by atoms with Crippen LogP contribution >= 0.6 is 0 Å². The quantitative estimate of drug-likeness (QED) is 0.533. The first-order valence-corrected chi connectivity index (χ1v) is 5.00. The van der Waals surface area contributed by atoms with E-state index in [-0.39, 0.29) is 0 Å². The Labute approximate surface area is 92.1 Å². The summed E-state index contributed by atoms with van der Waals surface area (Å²) >= 11 is 0. The van der Waals surface area contributed by atoms with E-state index < -0.39 is 0 Å². The maximum atomic E-state index is 8.89. The first-order chi connectivity index (χ1) is 7.79. The summed E-state index contributed by atoms with van der Waals surface area (Å²) in [6.07, 6.45) is 1.97. The van der Waals surface area contributed by atoms with Crippen LogP contribution in [0.2, 0.25) is 0 Å². The molecule has 3 heteroatoms. The number of fused-ring (bicyclic) bond motifs is 3. The van der Waals surface area contributed by atoms with E-state index in [4.69, 9.17) is 9.68 Å². The van der Waals surface area contributed by atoms with Crippen LogP contribution in [-0.4, -0.2) is 0 Å². The Morgan fingerprint density at radius 2 is 2.12 bits per heavy atom. The molecule has 0 radical (unpaired) electrons. The molecule has 3 nitrogen and oxygen atoms in total. The van der Waals surface area contributed by atoms with Gasteiger partial charge in [0.15, 0.2) is 11.8 Å². The van der Waals surface area contributed by atoms with E-state index in [1.807, 2.05) is 42.1 Å². The number of aryl methyl sites for hydroxylation is 1. The zero-order valence-corrected chi connectivity index (χ0v) is 8.77. The molecule has 0 spiro atoms. The molecule has 3 aromatic rings. The van der Waals surface area contributed by atoms with Crippen molar-refractivity contribution < 1.29 is 8.98 Å². The lowest BCUT2D eigenvalue weighted by molar-refractivity contribution is -0.644. The highest BCUT2D eigenvalue weighted by atomic mass is 16.3. The van der Waals surface area contributed by atoms with Crippen molar-refractivity contribution in [1.82, 2.24) is 0 Å². The molecule has 0 aliphatic rings. The van der Waals surface area contributed by atoms with Gasteiger partial charge in [0.2, 0.25) is 0 Å². The Morgan fingerprint density at radius 3 is 2.94 bits per heavy atom. The number of benzene rings is 1. The molecule has 0 fully saturated rings. The number of pyridine rings is 1. The largest absolute Gasteiger partial charge is 0.449 e. The van der Waals surface area contributed by atoms with Crippen LogP contribution < -0.4 is 4.57 Å². The maximum absolute atomic E-state index is 8.89. The number of nitriles is 1. The van der Waals surface area contributed by atoms with E-state index in [2.05, 4.69) is 6.07 Å². The Morgan fingerprint density at radius 1 is 1.25 bits per heavy atom. The van der Waals surface area contributed by atoms with Crippen molar-refractivity contribution in [1.29, 1.82) is 5.26 Å². The van der Waals surface area contributed by atoms with Crippen LogP contribution in [0, 0.1) is 11.3 Å². The molecular weight excluding hydrogens is 200 g/mol. The minimum absolute atomic E-state index is 0.652. The van der Waals surface area contributed by atoms with Gasteiger partial charge in [-0.3, -0.25) is 0 Å². The summed E-state index contributed by atoms with van der Waals surface area (Å²) in [5.74, 6) is 0. The van der Waals surface area contributed by atoms with Gasteiger partial charge in [-0.1, -0.05) is 0 Å². The second kappa shape index (κ2) is 3.07. The molecule has 0 aliphatic heterocycles. The van der Waals surface area contributed by atoms with E-state index in [1.165, 1.54) is 0 Å². The van der Waals surface area contributed by atoms with Crippen molar-refractivity contribution in [2.24, 2.45) is 7.05 Å². The lowest BCUT2D eigenvalue weighted by Gasteiger charge is -1.89. The van der Waals surface area contributed by atoms with Gasteiger partial charge in [-0.25, -0.2) is 0 Å². The summed E-state index contributed by atoms with van der Waals surface area (Å²) in [6.45, 7) is 0. The van der Waals surface area contributed by atoms with Gasteiger partial charge in [-0.2, -0.15) is 9.83 Å². The minimum Gasteiger partial charge on any atom is -0.449 e. The number of hydrogen-bond acceptors (Lipinski definition) is 2. The Balaban J connectivity index is 2.56. The van der Waals surface area contributed by atoms with Crippen molar-refractivity contribution in [3.63, 3.8) is 0 Å². The minimum atomic E-state index is 0.652. The fourth-order valence-electron chi connectivity index (χ4n) is 1.98. The van der Waals surface area contributed by atoms with Crippen LogP contribution in [0.1, 0.15) is 5.56 Å². The van der Waals surface area contributed by atoms with Crippen molar-refractivity contribution in [2.45, 2.75) is 0 Å². The van der Waals surface area contributed by atoms with E-state index in [0.717, 1.165) is 22.1 Å². The summed E-state index contributed by atoms with van der Waals surface area (Å²) in [4.78, 5) is 0. The fourth-order valence-corrected chi connectivity index (χ4v) is 1.98. The van der Waals surface area contributed by atoms with Gasteiger partial charge in [0.25, 0.3) is 5.52 Å². The number of rotatable bonds is 0. The molecule has 1 aromatic carbocycles. The first-order valence-electron chi connectivity index (χ1n) is 5.00. The zero-order chi connectivity index (χ0) is 11.1. The highest BCUT2D eigenvalue weighted by Gasteiger charge is 2.15. The monoisotopic (exact) mass is 209 g/mol. The molecule has 16 heavy (non-hydrogen) atoms.